The number of nitrogens with one attached hydrogen (secondary N) is 1. The number of hydrogen-bond donors (Lipinski definition) is 2. The number of benzene rings is 2. The molecule has 27 heavy (non-hydrogen) atoms. The topological polar surface area (TPSA) is 75.6 Å². The molecule has 0 aromatic heterocycles. The zero-order valence-electron chi connectivity index (χ0n) is 16.3. The van der Waals surface area contributed by atoms with Gasteiger partial charge in [0.25, 0.3) is 0 Å². The minimum Gasteiger partial charge on any atom is -0.481 e. The van der Waals surface area contributed by atoms with Crippen molar-refractivity contribution < 1.29 is 19.4 Å². The predicted molar refractivity (Wildman–Crippen MR) is 105 cm³/mol. The van der Waals surface area contributed by atoms with Gasteiger partial charge in [0.1, 0.15) is 11.5 Å². The van der Waals surface area contributed by atoms with Gasteiger partial charge in [0.2, 0.25) is 5.91 Å². The van der Waals surface area contributed by atoms with E-state index in [2.05, 4.69) is 38.2 Å². The maximum Gasteiger partial charge on any atom is 0.303 e. The molecular formula is C22H27NO4. The second kappa shape index (κ2) is 8.71. The Morgan fingerprint density at radius 3 is 2.30 bits per heavy atom. The van der Waals surface area contributed by atoms with Crippen molar-refractivity contribution in [3.8, 4) is 11.5 Å². The quantitative estimate of drug-likeness (QED) is 0.750. The van der Waals surface area contributed by atoms with Gasteiger partial charge in [-0.25, -0.2) is 0 Å². The van der Waals surface area contributed by atoms with E-state index in [0.29, 0.717) is 6.54 Å². The fourth-order valence-corrected chi connectivity index (χ4v) is 2.65. The molecule has 1 amide bonds. The summed E-state index contributed by atoms with van der Waals surface area (Å²) in [7, 11) is 0. The van der Waals surface area contributed by atoms with Crippen LogP contribution in [0, 0.1) is 6.92 Å². The summed E-state index contributed by atoms with van der Waals surface area (Å²) in [6, 6.07) is 13.7. The number of aryl methyl sites for hydroxylation is 1. The average molecular weight is 369 g/mol. The highest BCUT2D eigenvalue weighted by Gasteiger charge is 2.19. The van der Waals surface area contributed by atoms with Crippen LogP contribution in [-0.4, -0.2) is 17.0 Å². The normalized spacial score (nSPS) is 11.1. The van der Waals surface area contributed by atoms with E-state index < -0.39 is 5.97 Å². The molecule has 0 saturated heterocycles. The lowest BCUT2D eigenvalue weighted by Crippen LogP contribution is -2.23. The van der Waals surface area contributed by atoms with E-state index in [1.54, 1.807) is 0 Å². The number of carbonyl (C=O) groups is 2. The summed E-state index contributed by atoms with van der Waals surface area (Å²) in [4.78, 5) is 22.1. The van der Waals surface area contributed by atoms with E-state index in [0.717, 1.165) is 28.2 Å². The van der Waals surface area contributed by atoms with Gasteiger partial charge in [-0.15, -0.1) is 0 Å². The number of aliphatic carboxylic acids is 1. The number of carboxylic acid groups (broad SMARTS) is 1. The van der Waals surface area contributed by atoms with Crippen LogP contribution in [0.1, 0.15) is 50.3 Å². The molecule has 5 nitrogen and oxygen atoms in total. The van der Waals surface area contributed by atoms with Crippen LogP contribution in [0.15, 0.2) is 42.5 Å². The highest BCUT2D eigenvalue weighted by Crippen LogP contribution is 2.34. The summed E-state index contributed by atoms with van der Waals surface area (Å²) in [5, 5.41) is 11.3. The second-order valence-electron chi connectivity index (χ2n) is 7.67. The fraction of sp³-hybridized carbons (Fsp3) is 0.364. The monoisotopic (exact) mass is 369 g/mol. The molecule has 0 heterocycles. The highest BCUT2D eigenvalue weighted by atomic mass is 16.5. The molecule has 2 N–H and O–H groups in total. The lowest BCUT2D eigenvalue weighted by molar-refractivity contribution is -0.138. The number of carboxylic acids is 1. The Morgan fingerprint density at radius 1 is 1.04 bits per heavy atom. The molecule has 0 radical (unpaired) electrons. The van der Waals surface area contributed by atoms with Crippen molar-refractivity contribution in [3.05, 3.63) is 59.2 Å². The Bertz CT molecular complexity index is 804. The van der Waals surface area contributed by atoms with Gasteiger partial charge in [-0.05, 0) is 41.7 Å². The Balaban J connectivity index is 2.01. The third kappa shape index (κ3) is 6.44. The van der Waals surface area contributed by atoms with Gasteiger partial charge in [0, 0.05) is 18.5 Å². The first-order valence-corrected chi connectivity index (χ1v) is 9.01. The molecule has 2 rings (SSSR count). The van der Waals surface area contributed by atoms with Crippen LogP contribution in [0.3, 0.4) is 0 Å². The second-order valence-corrected chi connectivity index (χ2v) is 7.67. The van der Waals surface area contributed by atoms with E-state index >= 15 is 0 Å². The van der Waals surface area contributed by atoms with Crippen LogP contribution >= 0.6 is 0 Å². The number of hydrogen-bond acceptors (Lipinski definition) is 3. The van der Waals surface area contributed by atoms with Gasteiger partial charge in [0.15, 0.2) is 0 Å². The minimum absolute atomic E-state index is 0.0144. The van der Waals surface area contributed by atoms with Crippen LogP contribution in [0.5, 0.6) is 11.5 Å². The Kier molecular flexibility index (Phi) is 6.61. The minimum atomic E-state index is -0.975. The summed E-state index contributed by atoms with van der Waals surface area (Å²) in [5.74, 6) is 0.328. The lowest BCUT2D eigenvalue weighted by atomic mass is 9.86. The smallest absolute Gasteiger partial charge is 0.303 e. The molecule has 144 valence electrons. The first kappa shape index (κ1) is 20.5. The molecule has 0 atom stereocenters. The first-order valence-electron chi connectivity index (χ1n) is 9.01. The molecule has 0 saturated carbocycles. The molecule has 2 aromatic carbocycles. The van der Waals surface area contributed by atoms with Crippen LogP contribution < -0.4 is 10.1 Å². The largest absolute Gasteiger partial charge is 0.481 e. The molecule has 0 unspecified atom stereocenters. The van der Waals surface area contributed by atoms with Crippen molar-refractivity contribution in [3.63, 3.8) is 0 Å². The molecular weight excluding hydrogens is 342 g/mol. The van der Waals surface area contributed by atoms with E-state index in [4.69, 9.17) is 9.84 Å². The number of carbonyl (C=O) groups excluding carboxylic acids is 1. The van der Waals surface area contributed by atoms with E-state index in [1.807, 2.05) is 37.3 Å². The van der Waals surface area contributed by atoms with Gasteiger partial charge in [-0.1, -0.05) is 45.0 Å². The van der Waals surface area contributed by atoms with E-state index in [1.165, 1.54) is 0 Å². The first-order chi connectivity index (χ1) is 12.6. The molecule has 5 heteroatoms. The average Bonchev–Trinajstić information content (AvgIpc) is 2.58. The van der Waals surface area contributed by atoms with Gasteiger partial charge in [-0.2, -0.15) is 0 Å². The predicted octanol–water partition coefficient (Wildman–Crippen LogP) is 4.57. The molecule has 0 fully saturated rings. The van der Waals surface area contributed by atoms with Crippen LogP contribution in [0.25, 0.3) is 0 Å². The molecule has 0 aliphatic carbocycles. The van der Waals surface area contributed by atoms with Crippen molar-refractivity contribution in [2.45, 2.75) is 52.5 Å². The highest BCUT2D eigenvalue weighted by molar-refractivity contribution is 5.80. The Morgan fingerprint density at radius 2 is 1.70 bits per heavy atom. The lowest BCUT2D eigenvalue weighted by Gasteiger charge is -2.23. The zero-order valence-corrected chi connectivity index (χ0v) is 16.3. The summed E-state index contributed by atoms with van der Waals surface area (Å²) in [6.45, 7) is 8.86. The Hall–Kier alpha value is -2.82. The summed E-state index contributed by atoms with van der Waals surface area (Å²) < 4.78 is 6.11. The van der Waals surface area contributed by atoms with Gasteiger partial charge >= 0.3 is 5.97 Å². The molecule has 2 aromatic rings. The fourth-order valence-electron chi connectivity index (χ4n) is 2.65. The van der Waals surface area contributed by atoms with Crippen molar-refractivity contribution in [2.75, 3.05) is 0 Å². The summed E-state index contributed by atoms with van der Waals surface area (Å²) in [5.41, 5.74) is 3.18. The molecule has 0 aliphatic rings. The number of rotatable bonds is 7. The standard InChI is InChI=1S/C22H27NO4/c1-15-5-10-18(22(2,3)4)19(13-15)27-17-8-6-16(7-9-17)14-23-20(24)11-12-21(25)26/h5-10,13H,11-12,14H2,1-4H3,(H,23,24)(H,25,26). The van der Waals surface area contributed by atoms with Crippen molar-refractivity contribution in [2.24, 2.45) is 0 Å². The van der Waals surface area contributed by atoms with Crippen molar-refractivity contribution in [1.29, 1.82) is 0 Å². The Labute approximate surface area is 160 Å². The maximum atomic E-state index is 11.6. The van der Waals surface area contributed by atoms with Crippen molar-refractivity contribution >= 4 is 11.9 Å². The number of amides is 1. The van der Waals surface area contributed by atoms with Gasteiger partial charge < -0.3 is 15.2 Å². The third-order valence-corrected chi connectivity index (χ3v) is 4.15. The SMILES string of the molecule is Cc1ccc(C(C)(C)C)c(Oc2ccc(CNC(=O)CCC(=O)O)cc2)c1. The summed E-state index contributed by atoms with van der Waals surface area (Å²) in [6.07, 6.45) is -0.176. The third-order valence-electron chi connectivity index (χ3n) is 4.15. The van der Waals surface area contributed by atoms with Crippen LogP contribution in [0.4, 0.5) is 0 Å². The molecule has 0 bridgehead atoms. The van der Waals surface area contributed by atoms with Crippen LogP contribution in [0.2, 0.25) is 0 Å². The van der Waals surface area contributed by atoms with Gasteiger partial charge in [0.05, 0.1) is 6.42 Å². The van der Waals surface area contributed by atoms with Crippen LogP contribution in [-0.2, 0) is 21.5 Å². The van der Waals surface area contributed by atoms with E-state index in [9.17, 15) is 9.59 Å². The number of ether oxygens (including phenoxy) is 1. The van der Waals surface area contributed by atoms with E-state index in [-0.39, 0.29) is 24.2 Å². The molecule has 0 aliphatic heterocycles. The molecule has 0 spiro atoms. The van der Waals surface area contributed by atoms with Crippen molar-refractivity contribution in [1.82, 2.24) is 5.32 Å². The van der Waals surface area contributed by atoms with Gasteiger partial charge in [-0.3, -0.25) is 9.59 Å². The zero-order chi connectivity index (χ0) is 20.0. The maximum absolute atomic E-state index is 11.6. The summed E-state index contributed by atoms with van der Waals surface area (Å²) >= 11 is 0.